The topological polar surface area (TPSA) is 141 Å². The van der Waals surface area contributed by atoms with Crippen molar-refractivity contribution in [1.82, 2.24) is 9.13 Å². The van der Waals surface area contributed by atoms with Gasteiger partial charge in [0.25, 0.3) is 6.26 Å². The van der Waals surface area contributed by atoms with E-state index in [0.717, 1.165) is 81.8 Å². The second-order valence-corrected chi connectivity index (χ2v) is 8.27. The van der Waals surface area contributed by atoms with Crippen molar-refractivity contribution in [3.05, 3.63) is 26.7 Å². The fourth-order valence-corrected chi connectivity index (χ4v) is 3.58. The fraction of sp³-hybridized carbons (Fsp3) is 0.792. The minimum Gasteiger partial charge on any atom is -0.428 e. The zero-order valence-corrected chi connectivity index (χ0v) is 20.9. The Kier molecular flexibility index (Phi) is 17.5. The van der Waals surface area contributed by atoms with Gasteiger partial charge in [-0.3, -0.25) is 0 Å². The molecule has 1 rings (SSSR count). The highest BCUT2D eigenvalue weighted by atomic mass is 16.5. The first-order chi connectivity index (χ1) is 17.2. The van der Waals surface area contributed by atoms with Gasteiger partial charge in [-0.25, -0.2) is 33.5 Å². The second kappa shape index (κ2) is 20.4. The van der Waals surface area contributed by atoms with E-state index in [1.54, 1.807) is 13.4 Å². The Morgan fingerprint density at radius 1 is 0.829 bits per heavy atom. The second-order valence-electron chi connectivity index (χ2n) is 8.27. The number of hydrogen-bond donors (Lipinski definition) is 0. The molecule has 0 radical (unpaired) electrons. The molecule has 0 N–H and O–H groups in total. The summed E-state index contributed by atoms with van der Waals surface area (Å²) in [6, 6.07) is 0. The molecule has 35 heavy (non-hydrogen) atoms. The number of isocyanates is 1. The lowest BCUT2D eigenvalue weighted by Crippen LogP contribution is -2.47. The van der Waals surface area contributed by atoms with Crippen molar-refractivity contribution in [2.24, 2.45) is 9.98 Å². The van der Waals surface area contributed by atoms with Crippen LogP contribution in [-0.2, 0) is 27.4 Å². The quantitative estimate of drug-likeness (QED) is 0.111. The third-order valence-electron chi connectivity index (χ3n) is 5.50. The Morgan fingerprint density at radius 3 is 2.09 bits per heavy atom. The average molecular weight is 494 g/mol. The van der Waals surface area contributed by atoms with Crippen molar-refractivity contribution < 1.29 is 18.7 Å². The van der Waals surface area contributed by atoms with Crippen molar-refractivity contribution in [1.29, 1.82) is 5.26 Å². The Labute approximate surface area is 206 Å². The van der Waals surface area contributed by atoms with Crippen LogP contribution in [0.4, 0.5) is 0 Å². The minimum atomic E-state index is -0.690. The van der Waals surface area contributed by atoms with Gasteiger partial charge in [0.2, 0.25) is 6.08 Å². The molecule has 0 aliphatic heterocycles. The van der Waals surface area contributed by atoms with E-state index in [1.807, 2.05) is 0 Å². The highest BCUT2D eigenvalue weighted by Crippen LogP contribution is 2.03. The Balaban J connectivity index is 2.80. The van der Waals surface area contributed by atoms with Crippen molar-refractivity contribution in [2.75, 3.05) is 33.4 Å². The third-order valence-corrected chi connectivity index (χ3v) is 5.50. The monoisotopic (exact) mass is 493 g/mol. The van der Waals surface area contributed by atoms with Gasteiger partial charge in [0, 0.05) is 33.4 Å². The first-order valence-corrected chi connectivity index (χ1v) is 12.5. The van der Waals surface area contributed by atoms with Crippen molar-refractivity contribution in [2.45, 2.75) is 90.1 Å². The number of aromatic nitrogens is 2. The largest absolute Gasteiger partial charge is 0.428 e. The summed E-state index contributed by atoms with van der Waals surface area (Å²) in [5, 5.41) is 8.41. The molecule has 0 amide bonds. The summed E-state index contributed by atoms with van der Waals surface area (Å²) >= 11 is 0. The average Bonchev–Trinajstić information content (AvgIpc) is 2.85. The first-order valence-electron chi connectivity index (χ1n) is 12.5. The summed E-state index contributed by atoms with van der Waals surface area (Å²) in [6.07, 6.45) is 13.3. The lowest BCUT2D eigenvalue weighted by molar-refractivity contribution is 0.192. The number of carbonyl (C=O) groups excluding carboxylic acids is 1. The van der Waals surface area contributed by atoms with Crippen LogP contribution in [0.25, 0.3) is 0 Å². The highest BCUT2D eigenvalue weighted by Gasteiger charge is 2.11. The summed E-state index contributed by atoms with van der Waals surface area (Å²) in [6.45, 7) is 2.72. The lowest BCUT2D eigenvalue weighted by Gasteiger charge is -2.10. The van der Waals surface area contributed by atoms with Gasteiger partial charge >= 0.3 is 17.1 Å². The number of unbranched alkanes of at least 4 members (excludes halogenated alkanes) is 9. The Bertz CT molecular complexity index is 968. The van der Waals surface area contributed by atoms with Gasteiger partial charge in [-0.15, -0.1) is 0 Å². The van der Waals surface area contributed by atoms with Crippen molar-refractivity contribution in [3.63, 3.8) is 0 Å². The molecule has 0 fully saturated rings. The Morgan fingerprint density at radius 2 is 1.43 bits per heavy atom. The number of aliphatic imine (C=N–C) groups is 1. The van der Waals surface area contributed by atoms with E-state index in [1.165, 1.54) is 10.6 Å². The summed E-state index contributed by atoms with van der Waals surface area (Å²) < 4.78 is 17.8. The molecule has 0 aliphatic rings. The maximum Gasteiger partial charge on any atom is 0.425 e. The molecule has 0 bridgehead atoms. The molecule has 1 aromatic heterocycles. The number of rotatable bonds is 21. The van der Waals surface area contributed by atoms with E-state index in [-0.39, 0.29) is 12.2 Å². The highest BCUT2D eigenvalue weighted by molar-refractivity contribution is 5.32. The van der Waals surface area contributed by atoms with Gasteiger partial charge in [-0.05, 0) is 44.9 Å². The van der Waals surface area contributed by atoms with Crippen LogP contribution in [-0.4, -0.2) is 48.6 Å². The smallest absolute Gasteiger partial charge is 0.425 e. The zero-order chi connectivity index (χ0) is 25.6. The summed E-state index contributed by atoms with van der Waals surface area (Å²) in [4.78, 5) is 43.6. The molecule has 196 valence electrons. The van der Waals surface area contributed by atoms with E-state index in [9.17, 15) is 14.4 Å². The molecule has 11 heteroatoms. The first kappa shape index (κ1) is 30.1. The number of ether oxygens (including phenoxy) is 2. The summed E-state index contributed by atoms with van der Waals surface area (Å²) in [5.41, 5.74) is -0.328. The number of nitrogens with zero attached hydrogens (tertiary/aromatic N) is 5. The maximum absolute atomic E-state index is 13.1. The van der Waals surface area contributed by atoms with E-state index in [0.29, 0.717) is 32.7 Å². The van der Waals surface area contributed by atoms with Gasteiger partial charge in [0.05, 0.1) is 6.54 Å². The van der Waals surface area contributed by atoms with Crippen LogP contribution in [0.5, 0.6) is 0 Å². The molecule has 0 atom stereocenters. The molecule has 0 saturated heterocycles. The fourth-order valence-electron chi connectivity index (χ4n) is 3.58. The summed E-state index contributed by atoms with van der Waals surface area (Å²) in [5.74, 6) is -0.690. The minimum absolute atomic E-state index is 0.0766. The van der Waals surface area contributed by atoms with Crippen LogP contribution < -0.4 is 17.1 Å². The Hall–Kier alpha value is -2.96. The van der Waals surface area contributed by atoms with Crippen molar-refractivity contribution >= 4 is 6.08 Å². The van der Waals surface area contributed by atoms with Gasteiger partial charge in [0.1, 0.15) is 6.61 Å². The standard InChI is InChI=1S/C24H39N5O6/c1-33-18-12-6-3-9-15-27-22-28(16-10-5-7-13-19-34-20-25)23(31)29(24(32)35-22)17-11-4-2-8-14-26-21-30/h2-19H2,1H3. The van der Waals surface area contributed by atoms with Crippen LogP contribution in [0.15, 0.2) is 24.0 Å². The molecule has 0 aliphatic carbocycles. The van der Waals surface area contributed by atoms with Crippen LogP contribution >= 0.6 is 0 Å². The normalized spacial score (nSPS) is 11.3. The molecule has 1 aromatic rings. The number of nitriles is 1. The zero-order valence-electron chi connectivity index (χ0n) is 20.9. The van der Waals surface area contributed by atoms with E-state index < -0.39 is 11.4 Å². The molecule has 0 unspecified atom stereocenters. The van der Waals surface area contributed by atoms with E-state index >= 15 is 0 Å². The molecule has 0 saturated carbocycles. The van der Waals surface area contributed by atoms with E-state index in [2.05, 4.69) is 14.7 Å². The number of hydrogen-bond acceptors (Lipinski definition) is 9. The predicted molar refractivity (Wildman–Crippen MR) is 129 cm³/mol. The molecular weight excluding hydrogens is 454 g/mol. The lowest BCUT2D eigenvalue weighted by atomic mass is 10.2. The molecule has 0 spiro atoms. The van der Waals surface area contributed by atoms with Crippen LogP contribution in [0.3, 0.4) is 0 Å². The SMILES string of the molecule is COCCCCCCN=c1oc(=O)n(CCCCCCN=C=O)c(=O)n1CCCCCCOC#N. The van der Waals surface area contributed by atoms with Crippen molar-refractivity contribution in [3.8, 4) is 6.26 Å². The van der Waals surface area contributed by atoms with Crippen LogP contribution in [0.1, 0.15) is 77.0 Å². The summed E-state index contributed by atoms with van der Waals surface area (Å²) in [7, 11) is 1.68. The number of methoxy groups -OCH3 is 1. The molecule has 0 aromatic carbocycles. The predicted octanol–water partition coefficient (Wildman–Crippen LogP) is 2.66. The van der Waals surface area contributed by atoms with Gasteiger partial charge in [0.15, 0.2) is 0 Å². The van der Waals surface area contributed by atoms with E-state index in [4.69, 9.17) is 14.4 Å². The molecule has 1 heterocycles. The molecular formula is C24H39N5O6. The van der Waals surface area contributed by atoms with Gasteiger partial charge in [-0.1, -0.05) is 32.1 Å². The van der Waals surface area contributed by atoms with Gasteiger partial charge in [-0.2, -0.15) is 5.26 Å². The maximum atomic E-state index is 13.1. The van der Waals surface area contributed by atoms with Crippen LogP contribution in [0.2, 0.25) is 0 Å². The van der Waals surface area contributed by atoms with Crippen LogP contribution in [0, 0.1) is 11.5 Å². The molecule has 11 nitrogen and oxygen atoms in total. The third kappa shape index (κ3) is 13.5. The van der Waals surface area contributed by atoms with Gasteiger partial charge < -0.3 is 13.9 Å².